The maximum atomic E-state index is 12.0. The third-order valence-corrected chi connectivity index (χ3v) is 6.19. The van der Waals surface area contributed by atoms with Crippen molar-refractivity contribution in [1.82, 2.24) is 9.55 Å². The van der Waals surface area contributed by atoms with Gasteiger partial charge in [0.05, 0.1) is 27.6 Å². The number of sulfone groups is 1. The molecule has 6 nitrogen and oxygen atoms in total. The van der Waals surface area contributed by atoms with Crippen molar-refractivity contribution >= 4 is 38.4 Å². The molecule has 0 amide bonds. The Morgan fingerprint density at radius 1 is 1.17 bits per heavy atom. The van der Waals surface area contributed by atoms with Gasteiger partial charge in [-0.3, -0.25) is 9.36 Å². The molecule has 0 aliphatic carbocycles. The van der Waals surface area contributed by atoms with E-state index in [1.54, 1.807) is 13.0 Å². The number of rotatable bonds is 7. The van der Waals surface area contributed by atoms with Gasteiger partial charge in [0.25, 0.3) is 0 Å². The zero-order chi connectivity index (χ0) is 21.2. The molecule has 3 rings (SSSR count). The second-order valence-corrected chi connectivity index (χ2v) is 9.14. The lowest BCUT2D eigenvalue weighted by Crippen LogP contribution is -2.06. The lowest BCUT2D eigenvalue weighted by atomic mass is 10.1. The van der Waals surface area contributed by atoms with E-state index >= 15 is 0 Å². The summed E-state index contributed by atoms with van der Waals surface area (Å²) in [5.74, 6) is 0.607. The molecule has 0 spiro atoms. The fourth-order valence-electron chi connectivity index (χ4n) is 3.13. The predicted molar refractivity (Wildman–Crippen MR) is 114 cm³/mol. The van der Waals surface area contributed by atoms with Crippen molar-refractivity contribution in [3.63, 3.8) is 0 Å². The van der Waals surface area contributed by atoms with Crippen LogP contribution in [0.25, 0.3) is 16.7 Å². The van der Waals surface area contributed by atoms with Crippen LogP contribution in [-0.2, 0) is 32.2 Å². The number of hydrogen-bond donors (Lipinski definition) is 0. The van der Waals surface area contributed by atoms with Crippen LogP contribution in [0.3, 0.4) is 0 Å². The highest BCUT2D eigenvalue weighted by Crippen LogP contribution is 2.30. The van der Waals surface area contributed by atoms with E-state index in [-0.39, 0.29) is 15.9 Å². The van der Waals surface area contributed by atoms with Crippen LogP contribution in [0.1, 0.15) is 31.7 Å². The van der Waals surface area contributed by atoms with Gasteiger partial charge in [-0.2, -0.15) is 0 Å². The third-order valence-electron chi connectivity index (χ3n) is 4.63. The van der Waals surface area contributed by atoms with Crippen LogP contribution in [0.4, 0.5) is 0 Å². The van der Waals surface area contributed by atoms with Gasteiger partial charge in [-0.1, -0.05) is 37.6 Å². The SMILES string of the molecule is CCC(=O)OCCc1ccc(-n2c(CC)nc3cc(S(C)(=O)=O)c(Cl)cc32)cc1. The molecule has 0 atom stereocenters. The van der Waals surface area contributed by atoms with E-state index in [0.717, 1.165) is 28.8 Å². The Labute approximate surface area is 175 Å². The van der Waals surface area contributed by atoms with E-state index in [1.165, 1.54) is 6.07 Å². The number of benzene rings is 2. The number of aryl methyl sites for hydroxylation is 1. The molecule has 3 aromatic rings. The molecule has 0 aliphatic heterocycles. The summed E-state index contributed by atoms with van der Waals surface area (Å²) in [7, 11) is -3.44. The Morgan fingerprint density at radius 3 is 2.45 bits per heavy atom. The number of carbonyl (C=O) groups is 1. The van der Waals surface area contributed by atoms with Crippen molar-refractivity contribution in [2.75, 3.05) is 12.9 Å². The van der Waals surface area contributed by atoms with Crippen LogP contribution >= 0.6 is 11.6 Å². The summed E-state index contributed by atoms with van der Waals surface area (Å²) in [6.45, 7) is 4.11. The molecule has 8 heteroatoms. The van der Waals surface area contributed by atoms with Crippen LogP contribution in [0.5, 0.6) is 0 Å². The molecule has 0 aliphatic rings. The Bertz CT molecular complexity index is 1150. The number of nitrogens with zero attached hydrogens (tertiary/aromatic N) is 2. The average Bonchev–Trinajstić information content (AvgIpc) is 3.04. The molecule has 154 valence electrons. The quantitative estimate of drug-likeness (QED) is 0.522. The molecular formula is C21H23ClN2O4S. The minimum Gasteiger partial charge on any atom is -0.465 e. The van der Waals surface area contributed by atoms with Gasteiger partial charge in [-0.05, 0) is 29.8 Å². The lowest BCUT2D eigenvalue weighted by Gasteiger charge is -2.10. The average molecular weight is 435 g/mol. The topological polar surface area (TPSA) is 78.3 Å². The Balaban J connectivity index is 1.96. The number of fused-ring (bicyclic) bond motifs is 1. The first-order chi connectivity index (χ1) is 13.7. The monoisotopic (exact) mass is 434 g/mol. The molecule has 0 unspecified atom stereocenters. The fraction of sp³-hybridized carbons (Fsp3) is 0.333. The summed E-state index contributed by atoms with van der Waals surface area (Å²) in [4.78, 5) is 15.9. The first-order valence-electron chi connectivity index (χ1n) is 9.40. The highest BCUT2D eigenvalue weighted by molar-refractivity contribution is 7.90. The summed E-state index contributed by atoms with van der Waals surface area (Å²) in [5, 5.41) is 0.179. The van der Waals surface area contributed by atoms with Crippen molar-refractivity contribution in [1.29, 1.82) is 0 Å². The summed E-state index contributed by atoms with van der Waals surface area (Å²) >= 11 is 6.26. The van der Waals surface area contributed by atoms with Crippen molar-refractivity contribution in [2.24, 2.45) is 0 Å². The van der Waals surface area contributed by atoms with E-state index < -0.39 is 9.84 Å². The van der Waals surface area contributed by atoms with Gasteiger partial charge in [0.1, 0.15) is 5.82 Å². The molecule has 0 radical (unpaired) electrons. The summed E-state index contributed by atoms with van der Waals surface area (Å²) in [6.07, 6.45) is 2.82. The smallest absolute Gasteiger partial charge is 0.305 e. The normalized spacial score (nSPS) is 11.7. The highest BCUT2D eigenvalue weighted by Gasteiger charge is 2.18. The molecule has 0 fully saturated rings. The number of imidazole rings is 1. The number of halogens is 1. The molecule has 2 aromatic carbocycles. The molecule has 0 N–H and O–H groups in total. The van der Waals surface area contributed by atoms with Crippen LogP contribution in [-0.4, -0.2) is 36.8 Å². The Hall–Kier alpha value is -2.38. The Kier molecular flexibility index (Phi) is 6.29. The zero-order valence-electron chi connectivity index (χ0n) is 16.6. The van der Waals surface area contributed by atoms with E-state index in [0.29, 0.717) is 31.4 Å². The summed E-state index contributed by atoms with van der Waals surface area (Å²) < 4.78 is 31.0. The second kappa shape index (κ2) is 8.55. The van der Waals surface area contributed by atoms with Crippen molar-refractivity contribution < 1.29 is 17.9 Å². The first-order valence-corrected chi connectivity index (χ1v) is 11.7. The maximum absolute atomic E-state index is 12.0. The van der Waals surface area contributed by atoms with Gasteiger partial charge in [-0.15, -0.1) is 0 Å². The van der Waals surface area contributed by atoms with Gasteiger partial charge < -0.3 is 4.74 Å². The maximum Gasteiger partial charge on any atom is 0.305 e. The van der Waals surface area contributed by atoms with Crippen LogP contribution < -0.4 is 0 Å². The lowest BCUT2D eigenvalue weighted by molar-refractivity contribution is -0.143. The predicted octanol–water partition coefficient (Wildman–Crippen LogP) is 4.14. The third kappa shape index (κ3) is 4.62. The number of hydrogen-bond acceptors (Lipinski definition) is 5. The van der Waals surface area contributed by atoms with E-state index in [2.05, 4.69) is 4.98 Å². The van der Waals surface area contributed by atoms with E-state index in [4.69, 9.17) is 16.3 Å². The van der Waals surface area contributed by atoms with Gasteiger partial charge in [0.2, 0.25) is 0 Å². The standard InChI is InChI=1S/C21H23ClN2O4S/c1-4-20-23-17-13-19(29(3,26)27)16(22)12-18(17)24(20)15-8-6-14(7-9-15)10-11-28-21(25)5-2/h6-9,12-13H,4-5,10-11H2,1-3H3. The fourth-order valence-corrected chi connectivity index (χ4v) is 4.45. The van der Waals surface area contributed by atoms with E-state index in [9.17, 15) is 13.2 Å². The van der Waals surface area contributed by atoms with Gasteiger partial charge in [0, 0.05) is 31.2 Å². The minimum atomic E-state index is -3.44. The molecule has 29 heavy (non-hydrogen) atoms. The van der Waals surface area contributed by atoms with Crippen LogP contribution in [0, 0.1) is 0 Å². The van der Waals surface area contributed by atoms with Gasteiger partial charge in [-0.25, -0.2) is 13.4 Å². The van der Waals surface area contributed by atoms with E-state index in [1.807, 2.05) is 35.8 Å². The van der Waals surface area contributed by atoms with Crippen molar-refractivity contribution in [2.45, 2.75) is 38.0 Å². The molecule has 0 bridgehead atoms. The molecule has 1 aromatic heterocycles. The Morgan fingerprint density at radius 2 is 1.86 bits per heavy atom. The van der Waals surface area contributed by atoms with Crippen molar-refractivity contribution in [3.05, 3.63) is 52.8 Å². The van der Waals surface area contributed by atoms with Gasteiger partial charge in [0.15, 0.2) is 9.84 Å². The van der Waals surface area contributed by atoms with Crippen LogP contribution in [0.15, 0.2) is 41.3 Å². The number of carbonyl (C=O) groups excluding carboxylic acids is 1. The van der Waals surface area contributed by atoms with Crippen molar-refractivity contribution in [3.8, 4) is 5.69 Å². The van der Waals surface area contributed by atoms with Gasteiger partial charge >= 0.3 is 5.97 Å². The number of ether oxygens (including phenoxy) is 1. The molecule has 0 saturated carbocycles. The molecule has 1 heterocycles. The largest absolute Gasteiger partial charge is 0.465 e. The molecular weight excluding hydrogens is 412 g/mol. The highest BCUT2D eigenvalue weighted by atomic mass is 35.5. The summed E-state index contributed by atoms with van der Waals surface area (Å²) in [6, 6.07) is 11.1. The number of esters is 1. The first kappa shape index (κ1) is 21.3. The molecule has 0 saturated heterocycles. The minimum absolute atomic E-state index is 0.0796. The van der Waals surface area contributed by atoms with Crippen LogP contribution in [0.2, 0.25) is 5.02 Å². The zero-order valence-corrected chi connectivity index (χ0v) is 18.2. The second-order valence-electron chi connectivity index (χ2n) is 6.75. The number of aromatic nitrogens is 2. The summed E-state index contributed by atoms with van der Waals surface area (Å²) in [5.41, 5.74) is 3.30.